The first-order chi connectivity index (χ1) is 6.63. The maximum atomic E-state index is 11.3. The van der Waals surface area contributed by atoms with E-state index in [0.717, 1.165) is 0 Å². The summed E-state index contributed by atoms with van der Waals surface area (Å²) in [4.78, 5) is 15.2. The molecule has 0 aliphatic heterocycles. The van der Waals surface area contributed by atoms with Crippen molar-refractivity contribution in [2.24, 2.45) is 0 Å². The van der Waals surface area contributed by atoms with E-state index < -0.39 is 6.10 Å². The number of hydrogen-bond donors (Lipinski definition) is 2. The van der Waals surface area contributed by atoms with Crippen molar-refractivity contribution in [3.05, 3.63) is 18.3 Å². The molecule has 0 fully saturated rings. The van der Waals surface area contributed by atoms with Gasteiger partial charge in [-0.3, -0.25) is 4.79 Å². The second-order valence-corrected chi connectivity index (χ2v) is 2.84. The largest absolute Gasteiger partial charge is 0.384 e. The van der Waals surface area contributed by atoms with Crippen LogP contribution in [0.15, 0.2) is 18.3 Å². The lowest BCUT2D eigenvalue weighted by Crippen LogP contribution is -2.26. The zero-order valence-corrected chi connectivity index (χ0v) is 8.15. The number of nitrogens with zero attached hydrogens (tertiary/aromatic N) is 1. The van der Waals surface area contributed by atoms with Crippen molar-refractivity contribution in [2.75, 3.05) is 18.2 Å². The van der Waals surface area contributed by atoms with Gasteiger partial charge in [0, 0.05) is 7.11 Å². The van der Waals surface area contributed by atoms with Gasteiger partial charge in [0.25, 0.3) is 5.91 Å². The summed E-state index contributed by atoms with van der Waals surface area (Å²) >= 11 is 0. The van der Waals surface area contributed by atoms with Gasteiger partial charge in [0.15, 0.2) is 0 Å². The molecule has 0 saturated heterocycles. The van der Waals surface area contributed by atoms with E-state index in [-0.39, 0.29) is 5.91 Å². The number of aromatic nitrogens is 1. The number of methoxy groups -OCH3 is 1. The molecule has 3 N–H and O–H groups in total. The maximum Gasteiger partial charge on any atom is 0.253 e. The van der Waals surface area contributed by atoms with Gasteiger partial charge in [-0.05, 0) is 19.1 Å². The molecule has 1 heterocycles. The molecule has 76 valence electrons. The van der Waals surface area contributed by atoms with Gasteiger partial charge < -0.3 is 15.8 Å². The van der Waals surface area contributed by atoms with Crippen LogP contribution in [0.25, 0.3) is 0 Å². The standard InChI is InChI=1S/C9H13N3O2/c1-6(14-2)9(13)12-7-3-4-8(10)11-5-7/h3-6H,1-2H3,(H2,10,11)(H,12,13). The fourth-order valence-electron chi connectivity index (χ4n) is 0.830. The number of pyridine rings is 1. The molecule has 1 unspecified atom stereocenters. The molecule has 1 aromatic rings. The van der Waals surface area contributed by atoms with Crippen LogP contribution in [0.2, 0.25) is 0 Å². The fourth-order valence-corrected chi connectivity index (χ4v) is 0.830. The maximum absolute atomic E-state index is 11.3. The smallest absolute Gasteiger partial charge is 0.253 e. The Morgan fingerprint density at radius 3 is 2.86 bits per heavy atom. The minimum atomic E-state index is -0.479. The van der Waals surface area contributed by atoms with Crippen molar-refractivity contribution in [1.29, 1.82) is 0 Å². The molecular formula is C9H13N3O2. The highest BCUT2D eigenvalue weighted by Crippen LogP contribution is 2.07. The second kappa shape index (κ2) is 4.57. The van der Waals surface area contributed by atoms with Gasteiger partial charge in [-0.1, -0.05) is 0 Å². The first kappa shape index (κ1) is 10.5. The number of nitrogen functional groups attached to an aromatic ring is 1. The first-order valence-corrected chi connectivity index (χ1v) is 4.18. The highest BCUT2D eigenvalue weighted by Gasteiger charge is 2.11. The van der Waals surface area contributed by atoms with Crippen LogP contribution in [0.3, 0.4) is 0 Å². The van der Waals surface area contributed by atoms with E-state index in [4.69, 9.17) is 10.5 Å². The van der Waals surface area contributed by atoms with E-state index in [2.05, 4.69) is 10.3 Å². The van der Waals surface area contributed by atoms with Crippen molar-refractivity contribution in [3.8, 4) is 0 Å². The zero-order valence-electron chi connectivity index (χ0n) is 8.15. The molecule has 5 heteroatoms. The van der Waals surface area contributed by atoms with Gasteiger partial charge in [-0.2, -0.15) is 0 Å². The number of nitrogens with one attached hydrogen (secondary N) is 1. The third-order valence-corrected chi connectivity index (χ3v) is 1.78. The average Bonchev–Trinajstić information content (AvgIpc) is 2.20. The van der Waals surface area contributed by atoms with Crippen molar-refractivity contribution in [3.63, 3.8) is 0 Å². The molecule has 0 aliphatic carbocycles. The van der Waals surface area contributed by atoms with Crippen LogP contribution in [0.1, 0.15) is 6.92 Å². The van der Waals surface area contributed by atoms with E-state index in [1.165, 1.54) is 13.3 Å². The monoisotopic (exact) mass is 195 g/mol. The van der Waals surface area contributed by atoms with Crippen LogP contribution >= 0.6 is 0 Å². The number of hydrogen-bond acceptors (Lipinski definition) is 4. The minimum Gasteiger partial charge on any atom is -0.384 e. The van der Waals surface area contributed by atoms with Crippen molar-refractivity contribution in [2.45, 2.75) is 13.0 Å². The highest BCUT2D eigenvalue weighted by atomic mass is 16.5. The summed E-state index contributed by atoms with van der Waals surface area (Å²) in [6.07, 6.45) is 1.02. The quantitative estimate of drug-likeness (QED) is 0.741. The molecule has 0 radical (unpaired) electrons. The highest BCUT2D eigenvalue weighted by molar-refractivity contribution is 5.93. The third kappa shape index (κ3) is 2.70. The number of ether oxygens (including phenoxy) is 1. The van der Waals surface area contributed by atoms with Gasteiger partial charge in [0.2, 0.25) is 0 Å². The van der Waals surface area contributed by atoms with Crippen molar-refractivity contribution < 1.29 is 9.53 Å². The number of anilines is 2. The summed E-state index contributed by atoms with van der Waals surface area (Å²) < 4.78 is 4.85. The van der Waals surface area contributed by atoms with Crippen molar-refractivity contribution >= 4 is 17.4 Å². The molecule has 0 aliphatic rings. The van der Waals surface area contributed by atoms with E-state index in [9.17, 15) is 4.79 Å². The predicted molar refractivity (Wildman–Crippen MR) is 53.8 cm³/mol. The molecular weight excluding hydrogens is 182 g/mol. The Kier molecular flexibility index (Phi) is 3.41. The van der Waals surface area contributed by atoms with Gasteiger partial charge in [-0.15, -0.1) is 0 Å². The summed E-state index contributed by atoms with van der Waals surface area (Å²) in [5.41, 5.74) is 6.00. The van der Waals surface area contributed by atoms with E-state index >= 15 is 0 Å². The van der Waals surface area contributed by atoms with Crippen LogP contribution in [0, 0.1) is 0 Å². The SMILES string of the molecule is COC(C)C(=O)Nc1ccc(N)nc1. The normalized spacial score (nSPS) is 12.1. The number of carbonyl (C=O) groups excluding carboxylic acids is 1. The second-order valence-electron chi connectivity index (χ2n) is 2.84. The van der Waals surface area contributed by atoms with Gasteiger partial charge >= 0.3 is 0 Å². The van der Waals surface area contributed by atoms with Crippen LogP contribution in [0.4, 0.5) is 11.5 Å². The van der Waals surface area contributed by atoms with Gasteiger partial charge in [0.05, 0.1) is 11.9 Å². The van der Waals surface area contributed by atoms with Crippen LogP contribution in [0.5, 0.6) is 0 Å². The molecule has 1 atom stereocenters. The van der Waals surface area contributed by atoms with Crippen molar-refractivity contribution in [1.82, 2.24) is 4.98 Å². The number of nitrogens with two attached hydrogens (primary N) is 1. The topological polar surface area (TPSA) is 77.2 Å². The number of carbonyl (C=O) groups is 1. The van der Waals surface area contributed by atoms with Crippen LogP contribution in [-0.4, -0.2) is 24.1 Å². The summed E-state index contributed by atoms with van der Waals surface area (Å²) in [5, 5.41) is 2.64. The Labute approximate surface area is 82.3 Å². The third-order valence-electron chi connectivity index (χ3n) is 1.78. The number of rotatable bonds is 3. The van der Waals surface area contributed by atoms with E-state index in [1.807, 2.05) is 0 Å². The van der Waals surface area contributed by atoms with Crippen LogP contribution < -0.4 is 11.1 Å². The lowest BCUT2D eigenvalue weighted by molar-refractivity contribution is -0.124. The molecule has 0 bridgehead atoms. The molecule has 14 heavy (non-hydrogen) atoms. The molecule has 1 aromatic heterocycles. The summed E-state index contributed by atoms with van der Waals surface area (Å²) in [6.45, 7) is 1.67. The Morgan fingerprint density at radius 2 is 2.36 bits per heavy atom. The Bertz CT molecular complexity index is 310. The molecule has 5 nitrogen and oxygen atoms in total. The Morgan fingerprint density at radius 1 is 1.64 bits per heavy atom. The minimum absolute atomic E-state index is 0.209. The van der Waals surface area contributed by atoms with E-state index in [1.54, 1.807) is 19.1 Å². The van der Waals surface area contributed by atoms with Gasteiger partial charge in [-0.25, -0.2) is 4.98 Å². The first-order valence-electron chi connectivity index (χ1n) is 4.18. The Hall–Kier alpha value is -1.62. The summed E-state index contributed by atoms with van der Waals surface area (Å²) in [5.74, 6) is 0.210. The zero-order chi connectivity index (χ0) is 10.6. The lowest BCUT2D eigenvalue weighted by atomic mass is 10.3. The molecule has 0 aromatic carbocycles. The predicted octanol–water partition coefficient (Wildman–Crippen LogP) is 0.637. The summed E-state index contributed by atoms with van der Waals surface area (Å²) in [7, 11) is 1.48. The number of amides is 1. The molecule has 1 amide bonds. The van der Waals surface area contributed by atoms with Crippen LogP contribution in [-0.2, 0) is 9.53 Å². The average molecular weight is 195 g/mol. The molecule has 1 rings (SSSR count). The molecule has 0 spiro atoms. The van der Waals surface area contributed by atoms with E-state index in [0.29, 0.717) is 11.5 Å². The Balaban J connectivity index is 2.60. The van der Waals surface area contributed by atoms with Gasteiger partial charge in [0.1, 0.15) is 11.9 Å². The lowest BCUT2D eigenvalue weighted by Gasteiger charge is -2.09. The summed E-state index contributed by atoms with van der Waals surface area (Å²) in [6, 6.07) is 3.30. The molecule has 0 saturated carbocycles. The fraction of sp³-hybridized carbons (Fsp3) is 0.333.